The molecule has 0 heterocycles. The third-order valence-electron chi connectivity index (χ3n) is 1.89. The first-order valence-corrected chi connectivity index (χ1v) is 4.42. The summed E-state index contributed by atoms with van der Waals surface area (Å²) in [4.78, 5) is 10.5. The second-order valence-electron chi connectivity index (χ2n) is 2.95. The van der Waals surface area contributed by atoms with Crippen molar-refractivity contribution < 1.29 is 25.2 Å². The quantitative estimate of drug-likeness (QED) is 0.289. The Morgan fingerprint density at radius 3 is 2.21 bits per heavy atom. The van der Waals surface area contributed by atoms with Crippen molar-refractivity contribution in [3.05, 3.63) is 0 Å². The fourth-order valence-corrected chi connectivity index (χ4v) is 1.03. The number of carbonyl (C=O) groups is 1. The average molecular weight is 207 g/mol. The lowest BCUT2D eigenvalue weighted by molar-refractivity contribution is -0.120. The van der Waals surface area contributed by atoms with Crippen LogP contribution >= 0.6 is 0 Å². The summed E-state index contributed by atoms with van der Waals surface area (Å²) in [6.07, 6.45) is -3.99. The van der Waals surface area contributed by atoms with E-state index in [0.29, 0.717) is 12.8 Å². The fourth-order valence-electron chi connectivity index (χ4n) is 1.03. The molecule has 0 bridgehead atoms. The van der Waals surface area contributed by atoms with Crippen molar-refractivity contribution in [3.63, 3.8) is 0 Å². The predicted octanol–water partition coefficient (Wildman–Crippen LogP) is -2.76. The highest BCUT2D eigenvalue weighted by atomic mass is 16.4. The molecule has 0 spiro atoms. The number of aldehydes is 1. The molecular weight excluding hydrogens is 190 g/mol. The van der Waals surface area contributed by atoms with E-state index in [1.807, 2.05) is 0 Å². The minimum absolute atomic E-state index is 0.446. The van der Waals surface area contributed by atoms with Gasteiger partial charge in [0, 0.05) is 0 Å². The van der Waals surface area contributed by atoms with Gasteiger partial charge in [-0.05, 0) is 6.54 Å². The van der Waals surface area contributed by atoms with Gasteiger partial charge in [0.2, 0.25) is 0 Å². The van der Waals surface area contributed by atoms with E-state index in [1.54, 1.807) is 6.92 Å². The Bertz CT molecular complexity index is 166. The molecular formula is C8H17NO5. The Morgan fingerprint density at radius 1 is 1.29 bits per heavy atom. The molecule has 0 aromatic carbocycles. The molecule has 4 atom stereocenters. The Hall–Kier alpha value is -0.530. The lowest BCUT2D eigenvalue weighted by atomic mass is 10.0. The highest BCUT2D eigenvalue weighted by Crippen LogP contribution is 2.03. The smallest absolute Gasteiger partial charge is 0.139 e. The summed E-state index contributed by atoms with van der Waals surface area (Å²) in [5.41, 5.74) is 0. The van der Waals surface area contributed by atoms with E-state index >= 15 is 0 Å². The van der Waals surface area contributed by atoms with E-state index in [-0.39, 0.29) is 0 Å². The molecule has 0 fully saturated rings. The maximum absolute atomic E-state index is 10.5. The number of rotatable bonds is 7. The van der Waals surface area contributed by atoms with Crippen LogP contribution in [0.4, 0.5) is 0 Å². The Labute approximate surface area is 82.2 Å². The molecule has 0 aliphatic rings. The maximum atomic E-state index is 10.5. The molecule has 0 aromatic rings. The summed E-state index contributed by atoms with van der Waals surface area (Å²) in [6.45, 7) is 1.51. The largest absolute Gasteiger partial charge is 0.394 e. The van der Waals surface area contributed by atoms with Crippen LogP contribution in [0.3, 0.4) is 0 Å². The van der Waals surface area contributed by atoms with Crippen molar-refractivity contribution in [3.8, 4) is 0 Å². The zero-order chi connectivity index (χ0) is 11.1. The Morgan fingerprint density at radius 2 is 1.86 bits per heavy atom. The SMILES string of the molecule is CCN[C@H](C=O)[C@@H](O)[C@H](O)[C@H](O)CO. The zero-order valence-electron chi connectivity index (χ0n) is 8.00. The first-order chi connectivity index (χ1) is 6.58. The van der Waals surface area contributed by atoms with Gasteiger partial charge in [0.1, 0.15) is 24.6 Å². The van der Waals surface area contributed by atoms with Crippen LogP contribution in [0.5, 0.6) is 0 Å². The van der Waals surface area contributed by atoms with Crippen LogP contribution in [0, 0.1) is 0 Å². The monoisotopic (exact) mass is 207 g/mol. The van der Waals surface area contributed by atoms with E-state index in [1.165, 1.54) is 0 Å². The molecule has 0 aliphatic heterocycles. The van der Waals surface area contributed by atoms with Gasteiger partial charge in [-0.3, -0.25) is 0 Å². The average Bonchev–Trinajstić information content (AvgIpc) is 2.22. The van der Waals surface area contributed by atoms with Crippen LogP contribution in [-0.2, 0) is 4.79 Å². The van der Waals surface area contributed by atoms with Gasteiger partial charge in [0.15, 0.2) is 0 Å². The van der Waals surface area contributed by atoms with Gasteiger partial charge in [-0.15, -0.1) is 0 Å². The van der Waals surface area contributed by atoms with Crippen LogP contribution in [0.1, 0.15) is 6.92 Å². The van der Waals surface area contributed by atoms with Crippen molar-refractivity contribution in [1.29, 1.82) is 0 Å². The molecule has 84 valence electrons. The van der Waals surface area contributed by atoms with E-state index in [2.05, 4.69) is 5.32 Å². The standard InChI is InChI=1S/C8H17NO5/c1-2-9-5(3-10)7(13)8(14)6(12)4-11/h3,5-9,11-14H,2,4H2,1H3/t5-,6-,7-,8-/m1/s1. The Kier molecular flexibility index (Phi) is 6.60. The van der Waals surface area contributed by atoms with Crippen molar-refractivity contribution in [2.75, 3.05) is 13.2 Å². The molecule has 0 saturated heterocycles. The first-order valence-electron chi connectivity index (χ1n) is 4.42. The summed E-state index contributed by atoms with van der Waals surface area (Å²) in [5, 5.41) is 38.8. The summed E-state index contributed by atoms with van der Waals surface area (Å²) in [6, 6.07) is -0.948. The lowest BCUT2D eigenvalue weighted by Crippen LogP contribution is -2.51. The van der Waals surface area contributed by atoms with Gasteiger partial charge in [-0.25, -0.2) is 0 Å². The topological polar surface area (TPSA) is 110 Å². The van der Waals surface area contributed by atoms with Crippen molar-refractivity contribution in [1.82, 2.24) is 5.32 Å². The fraction of sp³-hybridized carbons (Fsp3) is 0.875. The Balaban J connectivity index is 4.25. The molecule has 0 saturated carbocycles. The van der Waals surface area contributed by atoms with Crippen molar-refractivity contribution in [2.45, 2.75) is 31.3 Å². The summed E-state index contributed by atoms with van der Waals surface area (Å²) in [5.74, 6) is 0. The number of carbonyl (C=O) groups excluding carboxylic acids is 1. The maximum Gasteiger partial charge on any atom is 0.139 e. The summed E-state index contributed by atoms with van der Waals surface area (Å²) < 4.78 is 0. The third kappa shape index (κ3) is 3.69. The normalized spacial score (nSPS) is 19.8. The van der Waals surface area contributed by atoms with Gasteiger partial charge in [-0.2, -0.15) is 0 Å². The van der Waals surface area contributed by atoms with Crippen LogP contribution < -0.4 is 5.32 Å². The van der Waals surface area contributed by atoms with Gasteiger partial charge < -0.3 is 30.5 Å². The minimum atomic E-state index is -1.55. The van der Waals surface area contributed by atoms with Crippen molar-refractivity contribution in [2.24, 2.45) is 0 Å². The number of hydrogen-bond acceptors (Lipinski definition) is 6. The number of likely N-dealkylation sites (N-methyl/N-ethyl adjacent to an activating group) is 1. The number of aliphatic hydroxyl groups excluding tert-OH is 4. The van der Waals surface area contributed by atoms with E-state index in [0.717, 1.165) is 0 Å². The van der Waals surface area contributed by atoms with Crippen LogP contribution in [0.15, 0.2) is 0 Å². The van der Waals surface area contributed by atoms with Crippen LogP contribution in [0.2, 0.25) is 0 Å². The number of hydrogen-bond donors (Lipinski definition) is 5. The second kappa shape index (κ2) is 6.86. The molecule has 0 aliphatic carbocycles. The molecule has 0 aromatic heterocycles. The molecule has 0 radical (unpaired) electrons. The molecule has 14 heavy (non-hydrogen) atoms. The molecule has 6 nitrogen and oxygen atoms in total. The zero-order valence-corrected chi connectivity index (χ0v) is 8.00. The first kappa shape index (κ1) is 13.5. The molecule has 6 heteroatoms. The number of nitrogens with one attached hydrogen (secondary N) is 1. The van der Waals surface area contributed by atoms with Crippen LogP contribution in [-0.4, -0.2) is 64.2 Å². The molecule has 0 unspecified atom stereocenters. The lowest BCUT2D eigenvalue weighted by Gasteiger charge is -2.25. The highest BCUT2D eigenvalue weighted by Gasteiger charge is 2.30. The van der Waals surface area contributed by atoms with Crippen LogP contribution in [0.25, 0.3) is 0 Å². The molecule has 5 N–H and O–H groups in total. The summed E-state index contributed by atoms with van der Waals surface area (Å²) >= 11 is 0. The minimum Gasteiger partial charge on any atom is -0.394 e. The van der Waals surface area contributed by atoms with E-state index in [9.17, 15) is 15.0 Å². The van der Waals surface area contributed by atoms with Gasteiger partial charge in [0.25, 0.3) is 0 Å². The van der Waals surface area contributed by atoms with Gasteiger partial charge in [-0.1, -0.05) is 6.92 Å². The third-order valence-corrected chi connectivity index (χ3v) is 1.89. The van der Waals surface area contributed by atoms with E-state index in [4.69, 9.17) is 10.2 Å². The molecule has 0 rings (SSSR count). The van der Waals surface area contributed by atoms with E-state index < -0.39 is 31.0 Å². The predicted molar refractivity (Wildman–Crippen MR) is 48.6 cm³/mol. The summed E-state index contributed by atoms with van der Waals surface area (Å²) in [7, 11) is 0. The van der Waals surface area contributed by atoms with Gasteiger partial charge in [0.05, 0.1) is 12.6 Å². The highest BCUT2D eigenvalue weighted by molar-refractivity contribution is 5.58. The van der Waals surface area contributed by atoms with Crippen molar-refractivity contribution >= 4 is 6.29 Å². The number of aliphatic hydroxyl groups is 4. The molecule has 0 amide bonds. The van der Waals surface area contributed by atoms with Gasteiger partial charge >= 0.3 is 0 Å². The second-order valence-corrected chi connectivity index (χ2v) is 2.95.